The van der Waals surface area contributed by atoms with Gasteiger partial charge in [-0.15, -0.1) is 0 Å². The summed E-state index contributed by atoms with van der Waals surface area (Å²) < 4.78 is 38.6. The van der Waals surface area contributed by atoms with Crippen molar-refractivity contribution in [3.05, 3.63) is 59.7 Å². The molecule has 7 heteroatoms. The number of carbonyl (C=O) groups is 2. The normalized spacial score (nSPS) is 18.0. The molecule has 154 valence electrons. The van der Waals surface area contributed by atoms with Gasteiger partial charge in [0.1, 0.15) is 0 Å². The topological polar surface area (TPSA) is 49.4 Å². The van der Waals surface area contributed by atoms with Gasteiger partial charge in [0.25, 0.3) is 0 Å². The number of halogens is 3. The fraction of sp³-hybridized carbons (Fsp3) is 0.364. The Kier molecular flexibility index (Phi) is 5.96. The van der Waals surface area contributed by atoms with Crippen LogP contribution in [-0.2, 0) is 15.8 Å². The van der Waals surface area contributed by atoms with Crippen LogP contribution in [0.4, 0.5) is 24.5 Å². The second-order valence-electron chi connectivity index (χ2n) is 7.34. The molecule has 1 aliphatic heterocycles. The number of carbonyl (C=O) groups excluding carboxylic acids is 2. The zero-order valence-electron chi connectivity index (χ0n) is 16.3. The largest absolute Gasteiger partial charge is 0.416 e. The fourth-order valence-electron chi connectivity index (χ4n) is 3.50. The fourth-order valence-corrected chi connectivity index (χ4v) is 3.50. The second-order valence-corrected chi connectivity index (χ2v) is 7.34. The van der Waals surface area contributed by atoms with E-state index in [0.717, 1.165) is 29.8 Å². The molecule has 2 amide bonds. The summed E-state index contributed by atoms with van der Waals surface area (Å²) in [6.45, 7) is 4.35. The molecule has 2 aromatic rings. The lowest BCUT2D eigenvalue weighted by molar-refractivity contribution is -0.137. The third-order valence-electron chi connectivity index (χ3n) is 5.32. The van der Waals surface area contributed by atoms with Gasteiger partial charge >= 0.3 is 6.18 Å². The molecular formula is C22H23F3N2O2. The number of hydrogen-bond donors (Lipinski definition) is 1. The maximum absolute atomic E-state index is 12.9. The lowest BCUT2D eigenvalue weighted by atomic mass is 9.96. The highest BCUT2D eigenvalue weighted by Crippen LogP contribution is 2.34. The van der Waals surface area contributed by atoms with E-state index < -0.39 is 23.6 Å². The number of nitrogens with zero attached hydrogens (tertiary/aromatic N) is 1. The monoisotopic (exact) mass is 404 g/mol. The summed E-state index contributed by atoms with van der Waals surface area (Å²) in [6, 6.07) is 12.1. The zero-order chi connectivity index (χ0) is 21.2. The van der Waals surface area contributed by atoms with Crippen molar-refractivity contribution in [3.8, 4) is 0 Å². The summed E-state index contributed by atoms with van der Waals surface area (Å²) in [5, 5.41) is 2.52. The van der Waals surface area contributed by atoms with E-state index in [1.807, 2.05) is 24.3 Å². The average Bonchev–Trinajstić information content (AvgIpc) is 3.08. The van der Waals surface area contributed by atoms with Gasteiger partial charge in [0.2, 0.25) is 11.8 Å². The predicted molar refractivity (Wildman–Crippen MR) is 106 cm³/mol. The van der Waals surface area contributed by atoms with E-state index in [2.05, 4.69) is 19.2 Å². The van der Waals surface area contributed by atoms with Crippen molar-refractivity contribution in [2.45, 2.75) is 38.8 Å². The number of para-hydroxylation sites is 1. The molecule has 2 aromatic carbocycles. The number of alkyl halides is 3. The minimum atomic E-state index is -4.49. The van der Waals surface area contributed by atoms with Crippen LogP contribution >= 0.6 is 0 Å². The number of benzene rings is 2. The van der Waals surface area contributed by atoms with Crippen molar-refractivity contribution < 1.29 is 22.8 Å². The number of anilines is 2. The number of hydrogen-bond acceptors (Lipinski definition) is 2. The van der Waals surface area contributed by atoms with Crippen molar-refractivity contribution in [2.75, 3.05) is 16.8 Å². The lowest BCUT2D eigenvalue weighted by Gasteiger charge is -2.23. The molecule has 1 fully saturated rings. The minimum absolute atomic E-state index is 0.0274. The van der Waals surface area contributed by atoms with E-state index in [1.54, 1.807) is 4.90 Å². The molecule has 0 unspecified atom stereocenters. The maximum Gasteiger partial charge on any atom is 0.416 e. The van der Waals surface area contributed by atoms with Crippen molar-refractivity contribution in [1.29, 1.82) is 0 Å². The van der Waals surface area contributed by atoms with Crippen LogP contribution in [0.5, 0.6) is 0 Å². The zero-order valence-corrected chi connectivity index (χ0v) is 16.3. The third-order valence-corrected chi connectivity index (χ3v) is 5.32. The van der Waals surface area contributed by atoms with E-state index in [1.165, 1.54) is 12.1 Å². The van der Waals surface area contributed by atoms with Crippen LogP contribution in [0.1, 0.15) is 43.7 Å². The standard InChI is InChI=1S/C22H23F3N2O2/c1-3-14(2)18-9-4-5-10-19(18)27-13-15(11-20(27)28)21(29)26-17-8-6-7-16(12-17)22(23,24)25/h4-10,12,14-15H,3,11,13H2,1-2H3,(H,26,29)/t14-,15+/m1/s1. The SMILES string of the molecule is CC[C@@H](C)c1ccccc1N1C[C@@H](C(=O)Nc2cccc(C(F)(F)F)c2)CC1=O. The Morgan fingerprint density at radius 1 is 1.21 bits per heavy atom. The highest BCUT2D eigenvalue weighted by Gasteiger charge is 2.36. The van der Waals surface area contributed by atoms with E-state index in [0.29, 0.717) is 0 Å². The van der Waals surface area contributed by atoms with E-state index >= 15 is 0 Å². The van der Waals surface area contributed by atoms with Crippen LogP contribution < -0.4 is 10.2 Å². The first-order valence-corrected chi connectivity index (χ1v) is 9.58. The molecule has 2 atom stereocenters. The third kappa shape index (κ3) is 4.60. The summed E-state index contributed by atoms with van der Waals surface area (Å²) in [7, 11) is 0. The Morgan fingerprint density at radius 2 is 1.93 bits per heavy atom. The maximum atomic E-state index is 12.9. The van der Waals surface area contributed by atoms with Crippen LogP contribution in [0.25, 0.3) is 0 Å². The van der Waals surface area contributed by atoms with Crippen molar-refractivity contribution >= 4 is 23.2 Å². The summed E-state index contributed by atoms with van der Waals surface area (Å²) in [4.78, 5) is 26.8. The molecule has 1 heterocycles. The molecule has 0 saturated carbocycles. The molecule has 0 spiro atoms. The van der Waals surface area contributed by atoms with Crippen LogP contribution in [0.15, 0.2) is 48.5 Å². The van der Waals surface area contributed by atoms with E-state index in [-0.39, 0.29) is 30.5 Å². The van der Waals surface area contributed by atoms with Crippen LogP contribution in [0.3, 0.4) is 0 Å². The van der Waals surface area contributed by atoms with Gasteiger partial charge in [-0.2, -0.15) is 13.2 Å². The number of rotatable bonds is 5. The Balaban J connectivity index is 1.75. The molecule has 1 aliphatic rings. The molecule has 0 aliphatic carbocycles. The minimum Gasteiger partial charge on any atom is -0.326 e. The number of nitrogens with one attached hydrogen (secondary N) is 1. The Morgan fingerprint density at radius 3 is 2.62 bits per heavy atom. The summed E-state index contributed by atoms with van der Waals surface area (Å²) in [5.41, 5.74) is 1.07. The second kappa shape index (κ2) is 8.27. The predicted octanol–water partition coefficient (Wildman–Crippen LogP) is 5.21. The molecule has 0 bridgehead atoms. The molecule has 0 radical (unpaired) electrons. The highest BCUT2D eigenvalue weighted by molar-refractivity contribution is 6.03. The summed E-state index contributed by atoms with van der Waals surface area (Å²) in [5.74, 6) is -0.981. The van der Waals surface area contributed by atoms with Gasteiger partial charge in [-0.25, -0.2) is 0 Å². The average molecular weight is 404 g/mol. The summed E-state index contributed by atoms with van der Waals surface area (Å²) in [6.07, 6.45) is -3.54. The van der Waals surface area contributed by atoms with Crippen molar-refractivity contribution in [3.63, 3.8) is 0 Å². The van der Waals surface area contributed by atoms with Gasteiger partial charge in [0.15, 0.2) is 0 Å². The first-order valence-electron chi connectivity index (χ1n) is 9.58. The number of amides is 2. The van der Waals surface area contributed by atoms with Gasteiger partial charge in [-0.1, -0.05) is 38.1 Å². The van der Waals surface area contributed by atoms with Crippen molar-refractivity contribution in [2.24, 2.45) is 5.92 Å². The van der Waals surface area contributed by atoms with E-state index in [9.17, 15) is 22.8 Å². The first-order chi connectivity index (χ1) is 13.7. The molecule has 1 saturated heterocycles. The molecule has 4 nitrogen and oxygen atoms in total. The van der Waals surface area contributed by atoms with Gasteiger partial charge in [0.05, 0.1) is 11.5 Å². The van der Waals surface area contributed by atoms with Gasteiger partial charge in [-0.3, -0.25) is 9.59 Å². The van der Waals surface area contributed by atoms with Gasteiger partial charge in [-0.05, 0) is 42.2 Å². The smallest absolute Gasteiger partial charge is 0.326 e. The summed E-state index contributed by atoms with van der Waals surface area (Å²) >= 11 is 0. The highest BCUT2D eigenvalue weighted by atomic mass is 19.4. The lowest BCUT2D eigenvalue weighted by Crippen LogP contribution is -2.29. The van der Waals surface area contributed by atoms with E-state index in [4.69, 9.17) is 0 Å². The molecule has 0 aromatic heterocycles. The quantitative estimate of drug-likeness (QED) is 0.744. The van der Waals surface area contributed by atoms with Crippen molar-refractivity contribution in [1.82, 2.24) is 0 Å². The Labute approximate surface area is 167 Å². The molecular weight excluding hydrogens is 381 g/mol. The molecule has 3 rings (SSSR count). The van der Waals surface area contributed by atoms with Crippen LogP contribution in [-0.4, -0.2) is 18.4 Å². The Bertz CT molecular complexity index is 911. The Hall–Kier alpha value is -2.83. The van der Waals surface area contributed by atoms with Gasteiger partial charge < -0.3 is 10.2 Å². The van der Waals surface area contributed by atoms with Crippen LogP contribution in [0, 0.1) is 5.92 Å². The molecule has 1 N–H and O–H groups in total. The first kappa shape index (κ1) is 20.9. The van der Waals surface area contributed by atoms with Crippen LogP contribution in [0.2, 0.25) is 0 Å². The van der Waals surface area contributed by atoms with Gasteiger partial charge in [0, 0.05) is 24.3 Å². The molecule has 29 heavy (non-hydrogen) atoms.